The molecule has 0 radical (unpaired) electrons. The first-order valence-corrected chi connectivity index (χ1v) is 8.80. The topological polar surface area (TPSA) is 21.7 Å². The van der Waals surface area contributed by atoms with E-state index in [0.29, 0.717) is 6.61 Å². The average Bonchev–Trinajstić information content (AvgIpc) is 2.61. The molecule has 1 aliphatic rings. The normalized spacial score (nSPS) is 18.3. The molecule has 1 fully saturated rings. The molecule has 1 saturated heterocycles. The summed E-state index contributed by atoms with van der Waals surface area (Å²) in [5.41, 5.74) is 2.44. The molecule has 0 saturated carbocycles. The van der Waals surface area contributed by atoms with Crippen molar-refractivity contribution in [1.82, 2.24) is 4.90 Å². The number of methoxy groups -OCH3 is 1. The van der Waals surface area contributed by atoms with E-state index in [1.165, 1.54) is 31.5 Å². The minimum atomic E-state index is 0.556. The molecule has 0 amide bonds. The summed E-state index contributed by atoms with van der Waals surface area (Å²) in [6.45, 7) is 6.26. The van der Waals surface area contributed by atoms with E-state index >= 15 is 0 Å². The highest BCUT2D eigenvalue weighted by Gasteiger charge is 2.17. The number of ether oxygens (including phenoxy) is 2. The van der Waals surface area contributed by atoms with Crippen molar-refractivity contribution in [2.24, 2.45) is 5.92 Å². The van der Waals surface area contributed by atoms with Gasteiger partial charge < -0.3 is 9.47 Å². The van der Waals surface area contributed by atoms with Gasteiger partial charge in [-0.25, -0.2) is 0 Å². The summed E-state index contributed by atoms with van der Waals surface area (Å²) in [7, 11) is 1.71. The van der Waals surface area contributed by atoms with Crippen LogP contribution >= 0.6 is 0 Å². The fourth-order valence-electron chi connectivity index (χ4n) is 3.35. The van der Waals surface area contributed by atoms with Crippen molar-refractivity contribution in [3.63, 3.8) is 0 Å². The Balaban J connectivity index is 1.64. The lowest BCUT2D eigenvalue weighted by Crippen LogP contribution is -2.33. The van der Waals surface area contributed by atoms with Gasteiger partial charge in [0, 0.05) is 13.1 Å². The summed E-state index contributed by atoms with van der Waals surface area (Å²) in [5, 5.41) is 0. The maximum absolute atomic E-state index is 5.94. The molecular formula is C21H27NO2. The Labute approximate surface area is 145 Å². The minimum Gasteiger partial charge on any atom is -0.493 e. The van der Waals surface area contributed by atoms with Gasteiger partial charge in [-0.05, 0) is 48.6 Å². The molecule has 24 heavy (non-hydrogen) atoms. The van der Waals surface area contributed by atoms with Crippen molar-refractivity contribution in [2.45, 2.75) is 32.9 Å². The Bertz CT molecular complexity index is 642. The van der Waals surface area contributed by atoms with E-state index in [1.54, 1.807) is 7.11 Å². The van der Waals surface area contributed by atoms with Crippen molar-refractivity contribution in [1.29, 1.82) is 0 Å². The van der Waals surface area contributed by atoms with Gasteiger partial charge in [0.2, 0.25) is 0 Å². The minimum absolute atomic E-state index is 0.556. The monoisotopic (exact) mass is 325 g/mol. The number of nitrogens with zero attached hydrogens (tertiary/aromatic N) is 1. The first-order chi connectivity index (χ1) is 11.7. The number of hydrogen-bond acceptors (Lipinski definition) is 3. The Morgan fingerprint density at radius 2 is 1.88 bits per heavy atom. The van der Waals surface area contributed by atoms with Crippen LogP contribution in [0.2, 0.25) is 0 Å². The highest BCUT2D eigenvalue weighted by atomic mass is 16.5. The summed E-state index contributed by atoms with van der Waals surface area (Å²) in [5.74, 6) is 2.42. The molecule has 0 spiro atoms. The van der Waals surface area contributed by atoms with Crippen LogP contribution in [0.3, 0.4) is 0 Å². The van der Waals surface area contributed by atoms with Gasteiger partial charge in [0.1, 0.15) is 6.61 Å². The third-order valence-electron chi connectivity index (χ3n) is 4.61. The lowest BCUT2D eigenvalue weighted by Gasteiger charge is -2.30. The molecule has 2 aromatic carbocycles. The zero-order valence-electron chi connectivity index (χ0n) is 14.7. The molecule has 0 aliphatic carbocycles. The molecule has 1 atom stereocenters. The zero-order valence-corrected chi connectivity index (χ0v) is 14.7. The van der Waals surface area contributed by atoms with Crippen molar-refractivity contribution in [3.8, 4) is 11.5 Å². The van der Waals surface area contributed by atoms with Crippen LogP contribution in [-0.2, 0) is 13.2 Å². The van der Waals surface area contributed by atoms with Crippen molar-refractivity contribution >= 4 is 0 Å². The molecule has 128 valence electrons. The lowest BCUT2D eigenvalue weighted by molar-refractivity contribution is 0.176. The maximum atomic E-state index is 5.94. The van der Waals surface area contributed by atoms with Gasteiger partial charge in [-0.3, -0.25) is 4.90 Å². The van der Waals surface area contributed by atoms with E-state index in [4.69, 9.17) is 9.47 Å². The van der Waals surface area contributed by atoms with Crippen molar-refractivity contribution in [3.05, 3.63) is 59.7 Å². The molecule has 1 aliphatic heterocycles. The summed E-state index contributed by atoms with van der Waals surface area (Å²) < 4.78 is 11.5. The predicted octanol–water partition coefficient (Wildman–Crippen LogP) is 4.51. The second-order valence-electron chi connectivity index (χ2n) is 6.74. The molecule has 0 unspecified atom stereocenters. The summed E-state index contributed by atoms with van der Waals surface area (Å²) in [6.07, 6.45) is 2.66. The second kappa shape index (κ2) is 8.20. The quantitative estimate of drug-likeness (QED) is 0.780. The molecule has 3 nitrogen and oxygen atoms in total. The highest BCUT2D eigenvalue weighted by Crippen LogP contribution is 2.30. The SMILES string of the molecule is COc1cc(CN2CCC[C@@H](C)C2)ccc1OCc1ccccc1. The van der Waals surface area contributed by atoms with Gasteiger partial charge in [-0.2, -0.15) is 0 Å². The number of rotatable bonds is 6. The third kappa shape index (κ3) is 4.51. The first-order valence-electron chi connectivity index (χ1n) is 8.80. The van der Waals surface area contributed by atoms with E-state index in [-0.39, 0.29) is 0 Å². The second-order valence-corrected chi connectivity index (χ2v) is 6.74. The Morgan fingerprint density at radius 3 is 2.62 bits per heavy atom. The molecule has 2 aromatic rings. The third-order valence-corrected chi connectivity index (χ3v) is 4.61. The average molecular weight is 325 g/mol. The van der Waals surface area contributed by atoms with Gasteiger partial charge >= 0.3 is 0 Å². The van der Waals surface area contributed by atoms with Crippen LogP contribution in [0.25, 0.3) is 0 Å². The largest absolute Gasteiger partial charge is 0.493 e. The standard InChI is InChI=1S/C21H27NO2/c1-17-7-6-12-22(14-17)15-19-10-11-20(21(13-19)23-2)24-16-18-8-4-3-5-9-18/h3-5,8-11,13,17H,6-7,12,14-16H2,1-2H3/t17-/m1/s1. The molecule has 0 aromatic heterocycles. The van der Waals surface area contributed by atoms with Crippen LogP contribution in [0.4, 0.5) is 0 Å². The van der Waals surface area contributed by atoms with Crippen molar-refractivity contribution < 1.29 is 9.47 Å². The number of hydrogen-bond donors (Lipinski definition) is 0. The Kier molecular flexibility index (Phi) is 5.76. The van der Waals surface area contributed by atoms with Crippen LogP contribution in [0, 0.1) is 5.92 Å². The van der Waals surface area contributed by atoms with Crippen LogP contribution in [-0.4, -0.2) is 25.1 Å². The fraction of sp³-hybridized carbons (Fsp3) is 0.429. The molecule has 0 N–H and O–H groups in total. The van der Waals surface area contributed by atoms with Gasteiger partial charge in [0.25, 0.3) is 0 Å². The van der Waals surface area contributed by atoms with Crippen LogP contribution in [0.1, 0.15) is 30.9 Å². The van der Waals surface area contributed by atoms with E-state index in [2.05, 4.69) is 36.1 Å². The summed E-state index contributed by atoms with van der Waals surface area (Å²) in [4.78, 5) is 2.54. The zero-order chi connectivity index (χ0) is 16.8. The van der Waals surface area contributed by atoms with Crippen LogP contribution in [0.15, 0.2) is 48.5 Å². The molecule has 0 bridgehead atoms. The summed E-state index contributed by atoms with van der Waals surface area (Å²) in [6, 6.07) is 16.5. The van der Waals surface area contributed by atoms with E-state index in [1.807, 2.05) is 24.3 Å². The Morgan fingerprint density at radius 1 is 1.04 bits per heavy atom. The maximum Gasteiger partial charge on any atom is 0.161 e. The van der Waals surface area contributed by atoms with Gasteiger partial charge in [0.15, 0.2) is 11.5 Å². The smallest absolute Gasteiger partial charge is 0.161 e. The summed E-state index contributed by atoms with van der Waals surface area (Å²) >= 11 is 0. The molecule has 1 heterocycles. The number of benzene rings is 2. The van der Waals surface area contributed by atoms with E-state index < -0.39 is 0 Å². The lowest BCUT2D eigenvalue weighted by atomic mass is 10.00. The number of likely N-dealkylation sites (tertiary alicyclic amines) is 1. The fourth-order valence-corrected chi connectivity index (χ4v) is 3.35. The molecular weight excluding hydrogens is 298 g/mol. The van der Waals surface area contributed by atoms with Crippen LogP contribution in [0.5, 0.6) is 11.5 Å². The Hall–Kier alpha value is -2.00. The predicted molar refractivity (Wildman–Crippen MR) is 97.4 cm³/mol. The van der Waals surface area contributed by atoms with Gasteiger partial charge in [-0.15, -0.1) is 0 Å². The highest BCUT2D eigenvalue weighted by molar-refractivity contribution is 5.43. The van der Waals surface area contributed by atoms with Gasteiger partial charge in [0.05, 0.1) is 7.11 Å². The van der Waals surface area contributed by atoms with Gasteiger partial charge in [-0.1, -0.05) is 43.3 Å². The molecule has 3 rings (SSSR count). The van der Waals surface area contributed by atoms with E-state index in [9.17, 15) is 0 Å². The molecule has 3 heteroatoms. The van der Waals surface area contributed by atoms with Crippen molar-refractivity contribution in [2.75, 3.05) is 20.2 Å². The van der Waals surface area contributed by atoms with Crippen LogP contribution < -0.4 is 9.47 Å². The first kappa shape index (κ1) is 16.8. The van der Waals surface area contributed by atoms with E-state index in [0.717, 1.165) is 29.5 Å². The number of piperidine rings is 1.